The van der Waals surface area contributed by atoms with Crippen molar-refractivity contribution in [3.63, 3.8) is 0 Å². The summed E-state index contributed by atoms with van der Waals surface area (Å²) in [6, 6.07) is 2.30. The molecule has 5 nitrogen and oxygen atoms in total. The highest BCUT2D eigenvalue weighted by Crippen LogP contribution is 2.50. The Morgan fingerprint density at radius 2 is 2.00 bits per heavy atom. The monoisotopic (exact) mass is 400 g/mol. The SMILES string of the molecule is CC[C@H](CO)C(=O)N1CCC2(CC1)CC(Oc1ccc(C(F)(F)F)c(C)n1)C2. The van der Waals surface area contributed by atoms with Gasteiger partial charge < -0.3 is 14.7 Å². The van der Waals surface area contributed by atoms with Crippen LogP contribution in [-0.2, 0) is 11.0 Å². The van der Waals surface area contributed by atoms with E-state index < -0.39 is 11.7 Å². The van der Waals surface area contributed by atoms with Gasteiger partial charge in [-0.25, -0.2) is 4.98 Å². The van der Waals surface area contributed by atoms with Gasteiger partial charge in [-0.05, 0) is 50.5 Å². The largest absolute Gasteiger partial charge is 0.474 e. The van der Waals surface area contributed by atoms with Crippen LogP contribution in [0.25, 0.3) is 0 Å². The molecule has 1 amide bonds. The molecule has 1 saturated heterocycles. The number of hydrogen-bond acceptors (Lipinski definition) is 4. The lowest BCUT2D eigenvalue weighted by Gasteiger charge is -2.51. The Bertz CT molecular complexity index is 703. The second-order valence-electron chi connectivity index (χ2n) is 8.04. The fourth-order valence-electron chi connectivity index (χ4n) is 4.31. The predicted octanol–water partition coefficient (Wildman–Crippen LogP) is 3.58. The first-order chi connectivity index (χ1) is 13.2. The zero-order valence-corrected chi connectivity index (χ0v) is 16.3. The molecule has 2 fully saturated rings. The van der Waals surface area contributed by atoms with Gasteiger partial charge in [-0.1, -0.05) is 6.92 Å². The van der Waals surface area contributed by atoms with Crippen molar-refractivity contribution in [1.82, 2.24) is 9.88 Å². The summed E-state index contributed by atoms with van der Waals surface area (Å²) in [4.78, 5) is 18.2. The van der Waals surface area contributed by atoms with E-state index in [9.17, 15) is 23.1 Å². The van der Waals surface area contributed by atoms with Crippen LogP contribution in [-0.4, -0.2) is 46.7 Å². The molecule has 0 radical (unpaired) electrons. The van der Waals surface area contributed by atoms with Crippen LogP contribution in [0, 0.1) is 18.3 Å². The summed E-state index contributed by atoms with van der Waals surface area (Å²) in [5, 5.41) is 9.31. The third kappa shape index (κ3) is 4.26. The maximum atomic E-state index is 12.8. The molecule has 1 N–H and O–H groups in total. The molecule has 156 valence electrons. The van der Waals surface area contributed by atoms with Crippen molar-refractivity contribution in [2.24, 2.45) is 11.3 Å². The molecule has 3 rings (SSSR count). The quantitative estimate of drug-likeness (QED) is 0.821. The van der Waals surface area contributed by atoms with Crippen LogP contribution in [0.4, 0.5) is 13.2 Å². The summed E-state index contributed by atoms with van der Waals surface area (Å²) in [6.45, 7) is 4.47. The maximum absolute atomic E-state index is 12.8. The highest BCUT2D eigenvalue weighted by Gasteiger charge is 2.48. The molecule has 1 spiro atoms. The third-order valence-corrected chi connectivity index (χ3v) is 6.17. The first kappa shape index (κ1) is 20.9. The summed E-state index contributed by atoms with van der Waals surface area (Å²) in [6.07, 6.45) is -0.394. The van der Waals surface area contributed by atoms with Crippen molar-refractivity contribution < 1.29 is 27.8 Å². The Labute approximate surface area is 162 Å². The van der Waals surface area contributed by atoms with Gasteiger partial charge in [0.1, 0.15) is 6.10 Å². The van der Waals surface area contributed by atoms with Crippen LogP contribution in [0.1, 0.15) is 50.3 Å². The second-order valence-corrected chi connectivity index (χ2v) is 8.04. The number of likely N-dealkylation sites (tertiary alicyclic amines) is 1. The Morgan fingerprint density at radius 3 is 2.50 bits per heavy atom. The van der Waals surface area contributed by atoms with Crippen molar-refractivity contribution in [3.8, 4) is 5.88 Å². The molecule has 28 heavy (non-hydrogen) atoms. The minimum absolute atomic E-state index is 0.0244. The molecule has 1 aromatic heterocycles. The van der Waals surface area contributed by atoms with Crippen LogP contribution in [0.3, 0.4) is 0 Å². The number of amides is 1. The van der Waals surface area contributed by atoms with Crippen molar-refractivity contribution in [2.75, 3.05) is 19.7 Å². The molecule has 1 aromatic rings. The van der Waals surface area contributed by atoms with Gasteiger partial charge in [0.05, 0.1) is 23.8 Å². The number of alkyl halides is 3. The van der Waals surface area contributed by atoms with E-state index in [1.165, 1.54) is 13.0 Å². The van der Waals surface area contributed by atoms with Crippen molar-refractivity contribution in [1.29, 1.82) is 0 Å². The van der Waals surface area contributed by atoms with E-state index in [-0.39, 0.29) is 41.5 Å². The number of hydrogen-bond donors (Lipinski definition) is 1. The topological polar surface area (TPSA) is 62.7 Å². The van der Waals surface area contributed by atoms with E-state index in [1.807, 2.05) is 11.8 Å². The number of halogens is 3. The predicted molar refractivity (Wildman–Crippen MR) is 96.7 cm³/mol. The number of aliphatic hydroxyl groups excluding tert-OH is 1. The van der Waals surface area contributed by atoms with E-state index in [2.05, 4.69) is 4.98 Å². The van der Waals surface area contributed by atoms with E-state index in [0.717, 1.165) is 31.7 Å². The fourth-order valence-corrected chi connectivity index (χ4v) is 4.31. The number of aryl methyl sites for hydroxylation is 1. The molecule has 2 aliphatic rings. The highest BCUT2D eigenvalue weighted by atomic mass is 19.4. The Hall–Kier alpha value is -1.83. The summed E-state index contributed by atoms with van der Waals surface area (Å²) >= 11 is 0. The van der Waals surface area contributed by atoms with Crippen LogP contribution in [0.15, 0.2) is 12.1 Å². The summed E-state index contributed by atoms with van der Waals surface area (Å²) < 4.78 is 44.2. The van der Waals surface area contributed by atoms with Gasteiger partial charge in [-0.2, -0.15) is 13.2 Å². The molecule has 1 aliphatic heterocycles. The molecule has 8 heteroatoms. The molecule has 2 heterocycles. The Morgan fingerprint density at radius 1 is 1.36 bits per heavy atom. The van der Waals surface area contributed by atoms with Gasteiger partial charge in [0.2, 0.25) is 11.8 Å². The van der Waals surface area contributed by atoms with Gasteiger partial charge in [-0.15, -0.1) is 0 Å². The van der Waals surface area contributed by atoms with Gasteiger partial charge in [0, 0.05) is 19.2 Å². The van der Waals surface area contributed by atoms with E-state index in [1.54, 1.807) is 0 Å². The zero-order chi connectivity index (χ0) is 20.5. The molecule has 0 aromatic carbocycles. The molecule has 1 aliphatic carbocycles. The van der Waals surface area contributed by atoms with Crippen LogP contribution in [0.2, 0.25) is 0 Å². The molecular weight excluding hydrogens is 373 g/mol. The number of pyridine rings is 1. The Balaban J connectivity index is 1.50. The first-order valence-corrected chi connectivity index (χ1v) is 9.78. The molecule has 0 bridgehead atoms. The normalized spacial score (nSPS) is 20.7. The van der Waals surface area contributed by atoms with Crippen molar-refractivity contribution in [3.05, 3.63) is 23.4 Å². The Kier molecular flexibility index (Phi) is 5.89. The molecular formula is C20H27F3N2O3. The van der Waals surface area contributed by atoms with Crippen LogP contribution in [0.5, 0.6) is 5.88 Å². The van der Waals surface area contributed by atoms with E-state index >= 15 is 0 Å². The average molecular weight is 400 g/mol. The summed E-state index contributed by atoms with van der Waals surface area (Å²) in [5.41, 5.74) is -0.681. The number of ether oxygens (including phenoxy) is 1. The fraction of sp³-hybridized carbons (Fsp3) is 0.700. The molecule has 0 unspecified atom stereocenters. The zero-order valence-electron chi connectivity index (χ0n) is 16.3. The number of aliphatic hydroxyl groups is 1. The van der Waals surface area contributed by atoms with Gasteiger partial charge in [-0.3, -0.25) is 4.79 Å². The standard InChI is InChI=1S/C20H27F3N2O3/c1-3-14(12-26)18(27)25-8-6-19(7-9-25)10-15(11-19)28-17-5-4-16(13(2)24-17)20(21,22)23/h4-5,14-15,26H,3,6-12H2,1-2H3/t14-/m1/s1. The number of rotatable bonds is 5. The van der Waals surface area contributed by atoms with Crippen LogP contribution >= 0.6 is 0 Å². The number of nitrogens with zero attached hydrogens (tertiary/aromatic N) is 2. The number of carbonyl (C=O) groups excluding carboxylic acids is 1. The summed E-state index contributed by atoms with van der Waals surface area (Å²) in [5.74, 6) is -0.0661. The third-order valence-electron chi connectivity index (χ3n) is 6.17. The minimum Gasteiger partial charge on any atom is -0.474 e. The molecule has 1 atom stereocenters. The lowest BCUT2D eigenvalue weighted by atomic mass is 9.61. The minimum atomic E-state index is -4.41. The highest BCUT2D eigenvalue weighted by molar-refractivity contribution is 5.79. The number of piperidine rings is 1. The van der Waals surface area contributed by atoms with E-state index in [0.29, 0.717) is 19.5 Å². The first-order valence-electron chi connectivity index (χ1n) is 9.78. The van der Waals surface area contributed by atoms with Gasteiger partial charge in [0.25, 0.3) is 0 Å². The number of aromatic nitrogens is 1. The average Bonchev–Trinajstić information content (AvgIpc) is 2.61. The lowest BCUT2D eigenvalue weighted by molar-refractivity contribution is -0.142. The smallest absolute Gasteiger partial charge is 0.418 e. The van der Waals surface area contributed by atoms with Crippen molar-refractivity contribution in [2.45, 2.75) is 58.2 Å². The van der Waals surface area contributed by atoms with Gasteiger partial charge in [0.15, 0.2) is 0 Å². The van der Waals surface area contributed by atoms with Crippen molar-refractivity contribution >= 4 is 5.91 Å². The summed E-state index contributed by atoms with van der Waals surface area (Å²) in [7, 11) is 0. The van der Waals surface area contributed by atoms with E-state index in [4.69, 9.17) is 4.74 Å². The molecule has 1 saturated carbocycles. The maximum Gasteiger partial charge on any atom is 0.418 e. The van der Waals surface area contributed by atoms with Gasteiger partial charge >= 0.3 is 6.18 Å². The van der Waals surface area contributed by atoms with Crippen LogP contribution < -0.4 is 4.74 Å². The number of carbonyl (C=O) groups is 1. The lowest BCUT2D eigenvalue weighted by Crippen LogP contribution is -2.53. The second kappa shape index (κ2) is 7.89.